The molecule has 0 aliphatic rings. The molecule has 3 rings (SSSR count). The fourth-order valence-electron chi connectivity index (χ4n) is 2.75. The van der Waals surface area contributed by atoms with Gasteiger partial charge in [0.15, 0.2) is 5.76 Å². The van der Waals surface area contributed by atoms with Crippen molar-refractivity contribution in [1.29, 1.82) is 0 Å². The monoisotopic (exact) mass is 366 g/mol. The SMILES string of the molecule is COc1ccc(OC)c(-c2cc(CN(C)C(=O)c3ccc(C)cc3)no2)c1. The molecule has 0 spiro atoms. The second-order valence-electron chi connectivity index (χ2n) is 6.28. The Hall–Kier alpha value is -3.28. The Morgan fingerprint density at radius 2 is 1.81 bits per heavy atom. The number of carbonyl (C=O) groups excluding carboxylic acids is 1. The molecule has 0 radical (unpaired) electrons. The van der Waals surface area contributed by atoms with Gasteiger partial charge in [0.1, 0.15) is 17.2 Å². The zero-order valence-corrected chi connectivity index (χ0v) is 15.9. The van der Waals surface area contributed by atoms with Crippen molar-refractivity contribution in [3.05, 3.63) is 65.4 Å². The minimum absolute atomic E-state index is 0.0708. The number of methoxy groups -OCH3 is 2. The molecule has 0 fully saturated rings. The third kappa shape index (κ3) is 4.11. The van der Waals surface area contributed by atoms with E-state index in [1.165, 1.54) is 0 Å². The molecule has 0 bridgehead atoms. The van der Waals surface area contributed by atoms with E-state index in [0.717, 1.165) is 11.1 Å². The van der Waals surface area contributed by atoms with Gasteiger partial charge in [-0.05, 0) is 37.3 Å². The highest BCUT2D eigenvalue weighted by Gasteiger charge is 2.17. The fourth-order valence-corrected chi connectivity index (χ4v) is 2.75. The van der Waals surface area contributed by atoms with Crippen LogP contribution in [0.5, 0.6) is 11.5 Å². The van der Waals surface area contributed by atoms with E-state index >= 15 is 0 Å². The summed E-state index contributed by atoms with van der Waals surface area (Å²) in [6.07, 6.45) is 0. The number of hydrogen-bond donors (Lipinski definition) is 0. The summed E-state index contributed by atoms with van der Waals surface area (Å²) >= 11 is 0. The molecular weight excluding hydrogens is 344 g/mol. The van der Waals surface area contributed by atoms with E-state index in [2.05, 4.69) is 5.16 Å². The smallest absolute Gasteiger partial charge is 0.253 e. The Kier molecular flexibility index (Phi) is 5.45. The molecule has 1 heterocycles. The molecule has 0 aliphatic carbocycles. The fraction of sp³-hybridized carbons (Fsp3) is 0.238. The van der Waals surface area contributed by atoms with Crippen molar-refractivity contribution in [3.63, 3.8) is 0 Å². The molecule has 140 valence electrons. The lowest BCUT2D eigenvalue weighted by Gasteiger charge is -2.15. The van der Waals surface area contributed by atoms with Crippen LogP contribution in [0, 0.1) is 6.92 Å². The summed E-state index contributed by atoms with van der Waals surface area (Å²) in [6, 6.07) is 14.7. The van der Waals surface area contributed by atoms with E-state index < -0.39 is 0 Å². The molecule has 6 nitrogen and oxygen atoms in total. The number of rotatable bonds is 6. The van der Waals surface area contributed by atoms with Crippen molar-refractivity contribution in [2.75, 3.05) is 21.3 Å². The normalized spacial score (nSPS) is 10.5. The highest BCUT2D eigenvalue weighted by molar-refractivity contribution is 5.94. The first-order valence-electron chi connectivity index (χ1n) is 8.52. The van der Waals surface area contributed by atoms with E-state index in [9.17, 15) is 4.79 Å². The molecule has 0 saturated carbocycles. The average Bonchev–Trinajstić information content (AvgIpc) is 3.15. The molecule has 27 heavy (non-hydrogen) atoms. The summed E-state index contributed by atoms with van der Waals surface area (Å²) in [5.41, 5.74) is 3.14. The van der Waals surface area contributed by atoms with Crippen LogP contribution in [0.4, 0.5) is 0 Å². The second-order valence-corrected chi connectivity index (χ2v) is 6.28. The van der Waals surface area contributed by atoms with Gasteiger partial charge in [0.2, 0.25) is 0 Å². The number of aromatic nitrogens is 1. The van der Waals surface area contributed by atoms with Crippen molar-refractivity contribution < 1.29 is 18.8 Å². The molecule has 1 aromatic heterocycles. The van der Waals surface area contributed by atoms with E-state index in [-0.39, 0.29) is 5.91 Å². The number of aryl methyl sites for hydroxylation is 1. The third-order valence-corrected chi connectivity index (χ3v) is 4.28. The number of amides is 1. The van der Waals surface area contributed by atoms with Crippen LogP contribution in [-0.4, -0.2) is 37.2 Å². The van der Waals surface area contributed by atoms with Gasteiger partial charge in [0, 0.05) is 18.7 Å². The summed E-state index contributed by atoms with van der Waals surface area (Å²) in [5.74, 6) is 1.83. The van der Waals surface area contributed by atoms with Crippen molar-refractivity contribution in [1.82, 2.24) is 10.1 Å². The van der Waals surface area contributed by atoms with Crippen LogP contribution in [0.1, 0.15) is 21.6 Å². The largest absolute Gasteiger partial charge is 0.497 e. The lowest BCUT2D eigenvalue weighted by molar-refractivity contribution is 0.0782. The van der Waals surface area contributed by atoms with Gasteiger partial charge in [0.25, 0.3) is 5.91 Å². The van der Waals surface area contributed by atoms with Gasteiger partial charge in [-0.1, -0.05) is 22.9 Å². The minimum Gasteiger partial charge on any atom is -0.497 e. The van der Waals surface area contributed by atoms with E-state index in [1.807, 2.05) is 49.4 Å². The Labute approximate surface area is 158 Å². The highest BCUT2D eigenvalue weighted by atomic mass is 16.5. The van der Waals surface area contributed by atoms with Gasteiger partial charge in [0.05, 0.1) is 26.3 Å². The predicted molar refractivity (Wildman–Crippen MR) is 102 cm³/mol. The topological polar surface area (TPSA) is 64.8 Å². The maximum Gasteiger partial charge on any atom is 0.253 e. The first kappa shape index (κ1) is 18.5. The number of carbonyl (C=O) groups is 1. The summed E-state index contributed by atoms with van der Waals surface area (Å²) in [6.45, 7) is 2.32. The van der Waals surface area contributed by atoms with Crippen LogP contribution in [-0.2, 0) is 6.54 Å². The molecule has 0 aliphatic heterocycles. The van der Waals surface area contributed by atoms with Crippen LogP contribution in [0.3, 0.4) is 0 Å². The summed E-state index contributed by atoms with van der Waals surface area (Å²) in [4.78, 5) is 14.2. The van der Waals surface area contributed by atoms with Crippen molar-refractivity contribution in [3.8, 4) is 22.8 Å². The van der Waals surface area contributed by atoms with Gasteiger partial charge < -0.3 is 18.9 Å². The van der Waals surface area contributed by atoms with Gasteiger partial charge >= 0.3 is 0 Å². The Bertz CT molecular complexity index is 932. The molecule has 2 aromatic carbocycles. The molecule has 0 N–H and O–H groups in total. The number of ether oxygens (including phenoxy) is 2. The summed E-state index contributed by atoms with van der Waals surface area (Å²) in [5, 5.41) is 4.09. The van der Waals surface area contributed by atoms with Crippen molar-refractivity contribution in [2.45, 2.75) is 13.5 Å². The highest BCUT2D eigenvalue weighted by Crippen LogP contribution is 2.33. The molecule has 0 unspecified atom stereocenters. The zero-order chi connectivity index (χ0) is 19.4. The van der Waals surface area contributed by atoms with Crippen LogP contribution in [0.25, 0.3) is 11.3 Å². The minimum atomic E-state index is -0.0708. The van der Waals surface area contributed by atoms with Crippen LogP contribution in [0.15, 0.2) is 53.1 Å². The van der Waals surface area contributed by atoms with E-state index in [4.69, 9.17) is 14.0 Å². The molecule has 0 saturated heterocycles. The quantitative estimate of drug-likeness (QED) is 0.661. The lowest BCUT2D eigenvalue weighted by Crippen LogP contribution is -2.26. The van der Waals surface area contributed by atoms with Crippen molar-refractivity contribution in [2.24, 2.45) is 0 Å². The molecule has 3 aromatic rings. The Balaban J connectivity index is 1.78. The van der Waals surface area contributed by atoms with Gasteiger partial charge in [-0.15, -0.1) is 0 Å². The van der Waals surface area contributed by atoms with Gasteiger partial charge in [-0.3, -0.25) is 4.79 Å². The predicted octanol–water partition coefficient (Wildman–Crippen LogP) is 3.94. The Morgan fingerprint density at radius 3 is 2.48 bits per heavy atom. The molecule has 1 amide bonds. The molecule has 0 atom stereocenters. The zero-order valence-electron chi connectivity index (χ0n) is 15.9. The lowest BCUT2D eigenvalue weighted by atomic mass is 10.1. The average molecular weight is 366 g/mol. The first-order chi connectivity index (χ1) is 13.0. The second kappa shape index (κ2) is 7.95. The molecule has 6 heteroatoms. The van der Waals surface area contributed by atoms with Gasteiger partial charge in [-0.2, -0.15) is 0 Å². The van der Waals surface area contributed by atoms with E-state index in [1.54, 1.807) is 32.2 Å². The third-order valence-electron chi connectivity index (χ3n) is 4.28. The standard InChI is InChI=1S/C21H22N2O4/c1-14-5-7-15(8-6-14)21(24)23(2)13-16-11-20(27-22-16)18-12-17(25-3)9-10-19(18)26-4/h5-12H,13H2,1-4H3. The Morgan fingerprint density at radius 1 is 1.07 bits per heavy atom. The number of hydrogen-bond acceptors (Lipinski definition) is 5. The summed E-state index contributed by atoms with van der Waals surface area (Å²) < 4.78 is 16.1. The van der Waals surface area contributed by atoms with Crippen LogP contribution >= 0.6 is 0 Å². The van der Waals surface area contributed by atoms with Crippen LogP contribution < -0.4 is 9.47 Å². The maximum absolute atomic E-state index is 12.6. The summed E-state index contributed by atoms with van der Waals surface area (Å²) in [7, 11) is 4.93. The van der Waals surface area contributed by atoms with Gasteiger partial charge in [-0.25, -0.2) is 0 Å². The van der Waals surface area contributed by atoms with Crippen LogP contribution in [0.2, 0.25) is 0 Å². The van der Waals surface area contributed by atoms with E-state index in [0.29, 0.717) is 35.1 Å². The first-order valence-corrected chi connectivity index (χ1v) is 8.52. The maximum atomic E-state index is 12.6. The number of benzene rings is 2. The van der Waals surface area contributed by atoms with Crippen molar-refractivity contribution >= 4 is 5.91 Å². The number of nitrogens with zero attached hydrogens (tertiary/aromatic N) is 2. The molecular formula is C21H22N2O4.